The van der Waals surface area contributed by atoms with Crippen molar-refractivity contribution in [3.8, 4) is 5.75 Å². The average Bonchev–Trinajstić information content (AvgIpc) is 2.49. The van der Waals surface area contributed by atoms with E-state index in [1.807, 2.05) is 24.3 Å². The third kappa shape index (κ3) is 2.40. The van der Waals surface area contributed by atoms with Gasteiger partial charge in [-0.3, -0.25) is 0 Å². The Morgan fingerprint density at radius 3 is 2.95 bits per heavy atom. The Morgan fingerprint density at radius 1 is 1.25 bits per heavy atom. The van der Waals surface area contributed by atoms with E-state index in [1.165, 1.54) is 0 Å². The van der Waals surface area contributed by atoms with E-state index in [9.17, 15) is 4.39 Å². The summed E-state index contributed by atoms with van der Waals surface area (Å²) in [6.07, 6.45) is 2.01. The van der Waals surface area contributed by atoms with E-state index in [0.29, 0.717) is 11.1 Å². The van der Waals surface area contributed by atoms with Gasteiger partial charge in [0.25, 0.3) is 0 Å². The van der Waals surface area contributed by atoms with Crippen LogP contribution < -0.4 is 4.74 Å². The van der Waals surface area contributed by atoms with Crippen LogP contribution in [0.3, 0.4) is 0 Å². The number of rotatable bonds is 2. The minimum atomic E-state index is -0.470. The highest BCUT2D eigenvalue weighted by Crippen LogP contribution is 2.35. The standard InChI is InChI=1S/C17H16ClFO/c1-11-4-2-6-14(17(11)19)16(18)13-7-8-15-12(10-13)5-3-9-20-15/h2,4,6-8,10,16H,3,5,9H2,1H3. The van der Waals surface area contributed by atoms with Crippen LogP contribution in [0.15, 0.2) is 36.4 Å². The van der Waals surface area contributed by atoms with Crippen molar-refractivity contribution in [1.29, 1.82) is 0 Å². The van der Waals surface area contributed by atoms with Gasteiger partial charge in [0.1, 0.15) is 11.6 Å². The van der Waals surface area contributed by atoms with E-state index in [0.717, 1.165) is 36.3 Å². The van der Waals surface area contributed by atoms with Crippen molar-refractivity contribution in [3.63, 3.8) is 0 Å². The lowest BCUT2D eigenvalue weighted by atomic mass is 9.97. The first-order chi connectivity index (χ1) is 9.66. The Balaban J connectivity index is 1.98. The molecule has 20 heavy (non-hydrogen) atoms. The number of ether oxygens (including phenoxy) is 1. The molecule has 3 heteroatoms. The van der Waals surface area contributed by atoms with Gasteiger partial charge in [-0.15, -0.1) is 11.6 Å². The SMILES string of the molecule is Cc1cccc(C(Cl)c2ccc3c(c2)CCCO3)c1F. The lowest BCUT2D eigenvalue weighted by molar-refractivity contribution is 0.288. The minimum absolute atomic E-state index is 0.221. The molecule has 0 aliphatic carbocycles. The Morgan fingerprint density at radius 2 is 2.10 bits per heavy atom. The largest absolute Gasteiger partial charge is 0.493 e. The number of aryl methyl sites for hydroxylation is 2. The molecule has 1 atom stereocenters. The molecule has 104 valence electrons. The van der Waals surface area contributed by atoms with Gasteiger partial charge in [-0.25, -0.2) is 4.39 Å². The zero-order valence-electron chi connectivity index (χ0n) is 11.3. The van der Waals surface area contributed by atoms with Gasteiger partial charge in [-0.2, -0.15) is 0 Å². The van der Waals surface area contributed by atoms with Crippen molar-refractivity contribution in [2.24, 2.45) is 0 Å². The smallest absolute Gasteiger partial charge is 0.131 e. The molecule has 1 unspecified atom stereocenters. The molecule has 0 aromatic heterocycles. The first-order valence-corrected chi connectivity index (χ1v) is 7.25. The maximum absolute atomic E-state index is 14.2. The summed E-state index contributed by atoms with van der Waals surface area (Å²) in [7, 11) is 0. The highest BCUT2D eigenvalue weighted by atomic mass is 35.5. The highest BCUT2D eigenvalue weighted by Gasteiger charge is 2.19. The molecular formula is C17H16ClFO. The summed E-state index contributed by atoms with van der Waals surface area (Å²) in [6, 6.07) is 11.2. The summed E-state index contributed by atoms with van der Waals surface area (Å²) in [6.45, 7) is 2.52. The second-order valence-corrected chi connectivity index (χ2v) is 5.60. The van der Waals surface area contributed by atoms with Crippen molar-refractivity contribution in [1.82, 2.24) is 0 Å². The Hall–Kier alpha value is -1.54. The predicted octanol–water partition coefficient (Wildman–Crippen LogP) is 4.79. The van der Waals surface area contributed by atoms with Crippen LogP contribution in [0.25, 0.3) is 0 Å². The summed E-state index contributed by atoms with van der Waals surface area (Å²) >= 11 is 6.47. The number of hydrogen-bond acceptors (Lipinski definition) is 1. The summed E-state index contributed by atoms with van der Waals surface area (Å²) in [4.78, 5) is 0. The number of fused-ring (bicyclic) bond motifs is 1. The number of alkyl halides is 1. The third-order valence-corrected chi connectivity index (χ3v) is 4.21. The van der Waals surface area contributed by atoms with Gasteiger partial charge >= 0.3 is 0 Å². The molecule has 2 aromatic rings. The van der Waals surface area contributed by atoms with Crippen LogP contribution >= 0.6 is 11.6 Å². The van der Waals surface area contributed by atoms with Crippen molar-refractivity contribution in [2.75, 3.05) is 6.61 Å². The van der Waals surface area contributed by atoms with Gasteiger partial charge in [-0.1, -0.05) is 30.3 Å². The van der Waals surface area contributed by atoms with Crippen LogP contribution in [0.1, 0.15) is 34.1 Å². The summed E-state index contributed by atoms with van der Waals surface area (Å²) in [5, 5.41) is -0.470. The summed E-state index contributed by atoms with van der Waals surface area (Å²) < 4.78 is 19.8. The maximum Gasteiger partial charge on any atom is 0.131 e. The fourth-order valence-electron chi connectivity index (χ4n) is 2.58. The lowest BCUT2D eigenvalue weighted by Crippen LogP contribution is -2.09. The monoisotopic (exact) mass is 290 g/mol. The number of halogens is 2. The third-order valence-electron chi connectivity index (χ3n) is 3.72. The topological polar surface area (TPSA) is 9.23 Å². The predicted molar refractivity (Wildman–Crippen MR) is 79.1 cm³/mol. The van der Waals surface area contributed by atoms with Gasteiger partial charge in [0.05, 0.1) is 12.0 Å². The lowest BCUT2D eigenvalue weighted by Gasteiger charge is -2.20. The zero-order valence-corrected chi connectivity index (χ0v) is 12.1. The van der Waals surface area contributed by atoms with E-state index in [1.54, 1.807) is 19.1 Å². The second-order valence-electron chi connectivity index (χ2n) is 5.16. The first-order valence-electron chi connectivity index (χ1n) is 6.81. The van der Waals surface area contributed by atoms with Crippen molar-refractivity contribution < 1.29 is 9.13 Å². The fourth-order valence-corrected chi connectivity index (χ4v) is 2.89. The van der Waals surface area contributed by atoms with E-state index in [2.05, 4.69) is 0 Å². The van der Waals surface area contributed by atoms with Gasteiger partial charge in [-0.05, 0) is 42.5 Å². The summed E-state index contributed by atoms with van der Waals surface area (Å²) in [5.74, 6) is 0.704. The molecule has 2 aromatic carbocycles. The molecule has 0 fully saturated rings. The Kier molecular flexibility index (Phi) is 3.66. The van der Waals surface area contributed by atoms with Crippen LogP contribution in [0.4, 0.5) is 4.39 Å². The maximum atomic E-state index is 14.2. The molecule has 0 saturated heterocycles. The van der Waals surface area contributed by atoms with Crippen LogP contribution in [0.5, 0.6) is 5.75 Å². The normalized spacial score (nSPS) is 15.3. The molecule has 1 heterocycles. The van der Waals surface area contributed by atoms with Gasteiger partial charge in [0.2, 0.25) is 0 Å². The molecule has 1 aliphatic rings. The second kappa shape index (κ2) is 5.45. The molecule has 0 radical (unpaired) electrons. The van der Waals surface area contributed by atoms with Crippen molar-refractivity contribution in [3.05, 3.63) is 64.5 Å². The molecule has 0 spiro atoms. The van der Waals surface area contributed by atoms with Crippen LogP contribution in [-0.4, -0.2) is 6.61 Å². The van der Waals surface area contributed by atoms with E-state index < -0.39 is 5.38 Å². The molecular weight excluding hydrogens is 275 g/mol. The fraction of sp³-hybridized carbons (Fsp3) is 0.294. The van der Waals surface area contributed by atoms with E-state index >= 15 is 0 Å². The van der Waals surface area contributed by atoms with Crippen molar-refractivity contribution in [2.45, 2.75) is 25.1 Å². The van der Waals surface area contributed by atoms with Crippen molar-refractivity contribution >= 4 is 11.6 Å². The summed E-state index contributed by atoms with van der Waals surface area (Å²) in [5.41, 5.74) is 3.23. The Bertz CT molecular complexity index is 639. The van der Waals surface area contributed by atoms with Gasteiger partial charge in [0, 0.05) is 5.56 Å². The van der Waals surface area contributed by atoms with Crippen LogP contribution in [0, 0.1) is 12.7 Å². The molecule has 1 aliphatic heterocycles. The molecule has 0 bridgehead atoms. The minimum Gasteiger partial charge on any atom is -0.493 e. The number of hydrogen-bond donors (Lipinski definition) is 0. The molecule has 1 nitrogen and oxygen atoms in total. The molecule has 0 saturated carbocycles. The molecule has 3 rings (SSSR count). The van der Waals surface area contributed by atoms with E-state index in [4.69, 9.17) is 16.3 Å². The van der Waals surface area contributed by atoms with Crippen LogP contribution in [0.2, 0.25) is 0 Å². The van der Waals surface area contributed by atoms with Gasteiger partial charge < -0.3 is 4.74 Å². The Labute approximate surface area is 123 Å². The molecule has 0 amide bonds. The average molecular weight is 291 g/mol. The zero-order chi connectivity index (χ0) is 14.1. The quantitative estimate of drug-likeness (QED) is 0.723. The highest BCUT2D eigenvalue weighted by molar-refractivity contribution is 6.22. The van der Waals surface area contributed by atoms with E-state index in [-0.39, 0.29) is 5.82 Å². The van der Waals surface area contributed by atoms with Crippen LogP contribution in [-0.2, 0) is 6.42 Å². The first kappa shape index (κ1) is 13.4. The number of benzene rings is 2. The molecule has 0 N–H and O–H groups in total. The van der Waals surface area contributed by atoms with Gasteiger partial charge in [0.15, 0.2) is 0 Å².